The molecule has 0 atom stereocenters. The van der Waals surface area contributed by atoms with Crippen LogP contribution in [0.25, 0.3) is 0 Å². The Morgan fingerprint density at radius 1 is 1.50 bits per heavy atom. The molecule has 1 aliphatic carbocycles. The van der Waals surface area contributed by atoms with Crippen LogP contribution >= 0.6 is 0 Å². The summed E-state index contributed by atoms with van der Waals surface area (Å²) in [6.07, 6.45) is 4.45. The molecule has 0 amide bonds. The summed E-state index contributed by atoms with van der Waals surface area (Å²) in [5, 5.41) is 11.8. The third kappa shape index (κ3) is 3.03. The minimum atomic E-state index is 0.713. The first-order valence-corrected chi connectivity index (χ1v) is 5.67. The number of likely N-dealkylation sites (N-methyl/N-ethyl adjacent to an activating group) is 1. The summed E-state index contributed by atoms with van der Waals surface area (Å²) >= 11 is 0. The molecule has 0 bridgehead atoms. The van der Waals surface area contributed by atoms with Gasteiger partial charge >= 0.3 is 0 Å². The van der Waals surface area contributed by atoms with Crippen LogP contribution < -0.4 is 10.2 Å². The van der Waals surface area contributed by atoms with E-state index >= 15 is 0 Å². The highest BCUT2D eigenvalue weighted by Gasteiger charge is 2.20. The van der Waals surface area contributed by atoms with Gasteiger partial charge in [-0.25, -0.2) is 0 Å². The van der Waals surface area contributed by atoms with Crippen LogP contribution in [0.15, 0.2) is 24.8 Å². The fraction of sp³-hybridized carbons (Fsp3) is 0.500. The highest BCUT2D eigenvalue weighted by Crippen LogP contribution is 2.19. The van der Waals surface area contributed by atoms with Gasteiger partial charge in [-0.2, -0.15) is 5.10 Å². The number of nitrogens with zero attached hydrogens (tertiary/aromatic N) is 3. The van der Waals surface area contributed by atoms with Crippen molar-refractivity contribution in [1.82, 2.24) is 15.5 Å². The summed E-state index contributed by atoms with van der Waals surface area (Å²) in [6, 6.07) is 4.74. The molecule has 2 rings (SSSR count). The fourth-order valence-electron chi connectivity index (χ4n) is 1.47. The number of nitrogens with one attached hydrogen (secondary N) is 1. The van der Waals surface area contributed by atoms with E-state index in [-0.39, 0.29) is 0 Å². The molecule has 1 N–H and O–H groups in total. The molecule has 0 spiro atoms. The maximum atomic E-state index is 4.19. The van der Waals surface area contributed by atoms with Crippen molar-refractivity contribution in [3.8, 4) is 0 Å². The van der Waals surface area contributed by atoms with Crippen LogP contribution in [-0.2, 0) is 6.54 Å². The molecule has 4 heteroatoms. The number of rotatable bonds is 6. The van der Waals surface area contributed by atoms with Crippen molar-refractivity contribution < 1.29 is 0 Å². The molecule has 86 valence electrons. The van der Waals surface area contributed by atoms with Crippen molar-refractivity contribution in [2.24, 2.45) is 0 Å². The van der Waals surface area contributed by atoms with Gasteiger partial charge in [0.1, 0.15) is 0 Å². The summed E-state index contributed by atoms with van der Waals surface area (Å²) < 4.78 is 0. The van der Waals surface area contributed by atoms with Crippen molar-refractivity contribution in [1.29, 1.82) is 0 Å². The van der Waals surface area contributed by atoms with E-state index in [9.17, 15) is 0 Å². The van der Waals surface area contributed by atoms with Crippen molar-refractivity contribution in [2.75, 3.05) is 18.5 Å². The maximum Gasteiger partial charge on any atom is 0.151 e. The first-order valence-electron chi connectivity index (χ1n) is 5.67. The van der Waals surface area contributed by atoms with Gasteiger partial charge in [0.05, 0.1) is 5.69 Å². The second-order valence-electron chi connectivity index (χ2n) is 4.21. The molecule has 0 unspecified atom stereocenters. The van der Waals surface area contributed by atoms with E-state index in [4.69, 9.17) is 0 Å². The standard InChI is InChI=1S/C12H18N4/c1-3-8-16(2)12-7-6-11(14-15-12)9-13-10-4-5-10/h3,6-7,10,13H,1,4-5,8-9H2,2H3. The number of hydrogen-bond donors (Lipinski definition) is 1. The van der Waals surface area contributed by atoms with Crippen LogP contribution in [0.3, 0.4) is 0 Å². The van der Waals surface area contributed by atoms with E-state index in [1.54, 1.807) is 0 Å². The molecule has 16 heavy (non-hydrogen) atoms. The summed E-state index contributed by atoms with van der Waals surface area (Å²) in [6.45, 7) is 5.31. The largest absolute Gasteiger partial charge is 0.354 e. The molecule has 1 saturated carbocycles. The Hall–Kier alpha value is -1.42. The van der Waals surface area contributed by atoms with Crippen LogP contribution in [-0.4, -0.2) is 29.8 Å². The summed E-state index contributed by atoms with van der Waals surface area (Å²) in [7, 11) is 1.98. The second kappa shape index (κ2) is 5.07. The summed E-state index contributed by atoms with van der Waals surface area (Å²) in [4.78, 5) is 2.01. The lowest BCUT2D eigenvalue weighted by Gasteiger charge is -2.14. The van der Waals surface area contributed by atoms with Crippen LogP contribution in [0.2, 0.25) is 0 Å². The topological polar surface area (TPSA) is 41.0 Å². The lowest BCUT2D eigenvalue weighted by atomic mass is 10.3. The molecule has 1 heterocycles. The third-order valence-electron chi connectivity index (χ3n) is 2.65. The minimum Gasteiger partial charge on any atom is -0.354 e. The average Bonchev–Trinajstić information content (AvgIpc) is 3.11. The molecular weight excluding hydrogens is 200 g/mol. The van der Waals surface area contributed by atoms with Gasteiger partial charge in [-0.3, -0.25) is 0 Å². The van der Waals surface area contributed by atoms with E-state index < -0.39 is 0 Å². The van der Waals surface area contributed by atoms with Gasteiger partial charge < -0.3 is 10.2 Å². The van der Waals surface area contributed by atoms with E-state index in [1.807, 2.05) is 30.2 Å². The summed E-state index contributed by atoms with van der Waals surface area (Å²) in [5.74, 6) is 0.884. The van der Waals surface area contributed by atoms with E-state index in [2.05, 4.69) is 22.1 Å². The van der Waals surface area contributed by atoms with Crippen LogP contribution in [0.5, 0.6) is 0 Å². The first kappa shape index (κ1) is 11.1. The van der Waals surface area contributed by atoms with Gasteiger partial charge in [-0.05, 0) is 25.0 Å². The van der Waals surface area contributed by atoms with Crippen LogP contribution in [0, 0.1) is 0 Å². The fourth-order valence-corrected chi connectivity index (χ4v) is 1.47. The first-order chi connectivity index (χ1) is 7.79. The Morgan fingerprint density at radius 3 is 2.88 bits per heavy atom. The smallest absolute Gasteiger partial charge is 0.151 e. The lowest BCUT2D eigenvalue weighted by Crippen LogP contribution is -2.20. The lowest BCUT2D eigenvalue weighted by molar-refractivity contribution is 0.664. The molecule has 1 fully saturated rings. The third-order valence-corrected chi connectivity index (χ3v) is 2.65. The second-order valence-corrected chi connectivity index (χ2v) is 4.21. The Labute approximate surface area is 96.4 Å². The SMILES string of the molecule is C=CCN(C)c1ccc(CNC2CC2)nn1. The molecule has 1 aliphatic rings. The Kier molecular flexibility index (Phi) is 3.51. The molecular formula is C12H18N4. The number of hydrogen-bond acceptors (Lipinski definition) is 4. The molecule has 4 nitrogen and oxygen atoms in total. The predicted octanol–water partition coefficient (Wildman–Crippen LogP) is 1.35. The van der Waals surface area contributed by atoms with E-state index in [0.717, 1.165) is 24.6 Å². The Balaban J connectivity index is 1.89. The molecule has 0 aromatic carbocycles. The van der Waals surface area contributed by atoms with Gasteiger partial charge in [0.25, 0.3) is 0 Å². The van der Waals surface area contributed by atoms with Gasteiger partial charge in [-0.1, -0.05) is 6.08 Å². The van der Waals surface area contributed by atoms with Crippen molar-refractivity contribution in [3.05, 3.63) is 30.5 Å². The van der Waals surface area contributed by atoms with Crippen LogP contribution in [0.1, 0.15) is 18.5 Å². The van der Waals surface area contributed by atoms with E-state index in [1.165, 1.54) is 12.8 Å². The zero-order valence-electron chi connectivity index (χ0n) is 9.69. The normalized spacial score (nSPS) is 14.8. The van der Waals surface area contributed by atoms with Gasteiger partial charge in [0.15, 0.2) is 5.82 Å². The van der Waals surface area contributed by atoms with E-state index in [0.29, 0.717) is 6.04 Å². The molecule has 1 aromatic heterocycles. The quantitative estimate of drug-likeness (QED) is 0.732. The molecule has 0 aliphatic heterocycles. The maximum absolute atomic E-state index is 4.19. The Bertz CT molecular complexity index is 343. The number of anilines is 1. The highest BCUT2D eigenvalue weighted by atomic mass is 15.2. The van der Waals surface area contributed by atoms with Crippen molar-refractivity contribution in [3.63, 3.8) is 0 Å². The monoisotopic (exact) mass is 218 g/mol. The van der Waals surface area contributed by atoms with Crippen molar-refractivity contribution >= 4 is 5.82 Å². The predicted molar refractivity (Wildman–Crippen MR) is 65.4 cm³/mol. The zero-order valence-corrected chi connectivity index (χ0v) is 9.69. The van der Waals surface area contributed by atoms with Gasteiger partial charge in [0.2, 0.25) is 0 Å². The number of aromatic nitrogens is 2. The molecule has 1 aromatic rings. The minimum absolute atomic E-state index is 0.713. The van der Waals surface area contributed by atoms with Crippen LogP contribution in [0.4, 0.5) is 5.82 Å². The van der Waals surface area contributed by atoms with Gasteiger partial charge in [0, 0.05) is 26.2 Å². The highest BCUT2D eigenvalue weighted by molar-refractivity contribution is 5.36. The Morgan fingerprint density at radius 2 is 2.31 bits per heavy atom. The molecule has 0 saturated heterocycles. The zero-order chi connectivity index (χ0) is 11.4. The average molecular weight is 218 g/mol. The summed E-state index contributed by atoms with van der Waals surface area (Å²) in [5.41, 5.74) is 1.00. The van der Waals surface area contributed by atoms with Gasteiger partial charge in [-0.15, -0.1) is 11.7 Å². The van der Waals surface area contributed by atoms with Crippen molar-refractivity contribution in [2.45, 2.75) is 25.4 Å². The molecule has 0 radical (unpaired) electrons.